The number of rotatable bonds is 4. The molecule has 2 heterocycles. The molecule has 0 aliphatic carbocycles. The lowest BCUT2D eigenvalue weighted by molar-refractivity contribution is 0.102. The number of aromatic nitrogens is 4. The molecule has 3 aromatic rings. The van der Waals surface area contributed by atoms with Gasteiger partial charge in [-0.05, 0) is 38.5 Å². The molecule has 124 valence electrons. The summed E-state index contributed by atoms with van der Waals surface area (Å²) in [4.78, 5) is 28.8. The van der Waals surface area contributed by atoms with Crippen molar-refractivity contribution in [1.29, 1.82) is 0 Å². The summed E-state index contributed by atoms with van der Waals surface area (Å²) >= 11 is 1.35. The largest absolute Gasteiger partial charge is 0.305 e. The molecule has 0 saturated carbocycles. The molecule has 0 unspecified atom stereocenters. The summed E-state index contributed by atoms with van der Waals surface area (Å²) in [7, 11) is 0. The van der Waals surface area contributed by atoms with E-state index >= 15 is 0 Å². The number of nitrogens with one attached hydrogen (secondary N) is 1. The smallest absolute Gasteiger partial charge is 0.272 e. The lowest BCUT2D eigenvalue weighted by Gasteiger charge is -2.09. The zero-order valence-corrected chi connectivity index (χ0v) is 14.5. The standard InChI is InChI=1S/C16H17N5O2S/c1-4-13-19-20-16(24-13)18-14(22)10-6-7-12-11(8-10)17-9(3)15(23)21(12)5-2/h6-8H,4-5H2,1-3H3,(H,18,20,22). The van der Waals surface area contributed by atoms with Crippen molar-refractivity contribution in [2.45, 2.75) is 33.7 Å². The summed E-state index contributed by atoms with van der Waals surface area (Å²) in [6.45, 7) is 6.11. The number of aryl methyl sites for hydroxylation is 3. The number of fused-ring (bicyclic) bond motifs is 1. The minimum Gasteiger partial charge on any atom is -0.305 e. The van der Waals surface area contributed by atoms with E-state index in [4.69, 9.17) is 0 Å². The van der Waals surface area contributed by atoms with E-state index in [2.05, 4.69) is 20.5 Å². The number of nitrogens with zero attached hydrogens (tertiary/aromatic N) is 4. The number of hydrogen-bond acceptors (Lipinski definition) is 6. The fraction of sp³-hybridized carbons (Fsp3) is 0.312. The van der Waals surface area contributed by atoms with Gasteiger partial charge in [-0.2, -0.15) is 0 Å². The number of hydrogen-bond donors (Lipinski definition) is 1. The maximum Gasteiger partial charge on any atom is 0.272 e. The maximum absolute atomic E-state index is 12.4. The van der Waals surface area contributed by atoms with Crippen LogP contribution in [-0.4, -0.2) is 25.7 Å². The van der Waals surface area contributed by atoms with Gasteiger partial charge in [0.15, 0.2) is 0 Å². The number of anilines is 1. The highest BCUT2D eigenvalue weighted by atomic mass is 32.1. The Labute approximate surface area is 142 Å². The Bertz CT molecular complexity index is 976. The third-order valence-corrected chi connectivity index (χ3v) is 4.66. The van der Waals surface area contributed by atoms with Crippen molar-refractivity contribution in [2.24, 2.45) is 0 Å². The van der Waals surface area contributed by atoms with Crippen LogP contribution in [0.25, 0.3) is 11.0 Å². The highest BCUT2D eigenvalue weighted by Gasteiger charge is 2.13. The highest BCUT2D eigenvalue weighted by molar-refractivity contribution is 7.15. The first-order chi connectivity index (χ1) is 11.5. The van der Waals surface area contributed by atoms with Gasteiger partial charge in [0, 0.05) is 12.1 Å². The average molecular weight is 343 g/mol. The van der Waals surface area contributed by atoms with Gasteiger partial charge in [0.05, 0.1) is 11.0 Å². The van der Waals surface area contributed by atoms with Crippen LogP contribution in [-0.2, 0) is 13.0 Å². The quantitative estimate of drug-likeness (QED) is 0.785. The van der Waals surface area contributed by atoms with Crippen molar-refractivity contribution in [2.75, 3.05) is 5.32 Å². The Hall–Kier alpha value is -2.61. The summed E-state index contributed by atoms with van der Waals surface area (Å²) in [5.74, 6) is -0.274. The predicted octanol–water partition coefficient (Wildman–Crippen LogP) is 2.39. The number of carbonyl (C=O) groups excluding carboxylic acids is 1. The first-order valence-corrected chi connectivity index (χ1v) is 8.50. The van der Waals surface area contributed by atoms with Gasteiger partial charge in [0.1, 0.15) is 10.7 Å². The molecule has 0 spiro atoms. The second-order valence-electron chi connectivity index (χ2n) is 5.26. The fourth-order valence-corrected chi connectivity index (χ4v) is 3.12. The molecule has 24 heavy (non-hydrogen) atoms. The summed E-state index contributed by atoms with van der Waals surface area (Å²) in [5.41, 5.74) is 2.10. The van der Waals surface area contributed by atoms with Crippen LogP contribution in [0.1, 0.15) is 34.9 Å². The highest BCUT2D eigenvalue weighted by Crippen LogP contribution is 2.18. The SMILES string of the molecule is CCc1nnc(NC(=O)c2ccc3c(c2)nc(C)c(=O)n3CC)s1. The van der Waals surface area contributed by atoms with Crippen molar-refractivity contribution < 1.29 is 4.79 Å². The molecule has 0 aliphatic rings. The van der Waals surface area contributed by atoms with Gasteiger partial charge in [-0.1, -0.05) is 18.3 Å². The Morgan fingerprint density at radius 3 is 2.75 bits per heavy atom. The van der Waals surface area contributed by atoms with Gasteiger partial charge < -0.3 is 4.57 Å². The molecule has 1 aromatic carbocycles. The van der Waals surface area contributed by atoms with Gasteiger partial charge in [-0.25, -0.2) is 4.98 Å². The molecule has 0 saturated heterocycles. The summed E-state index contributed by atoms with van der Waals surface area (Å²) in [6, 6.07) is 5.12. The van der Waals surface area contributed by atoms with E-state index in [1.807, 2.05) is 13.8 Å². The summed E-state index contributed by atoms with van der Waals surface area (Å²) in [5, 5.41) is 12.0. The molecule has 8 heteroatoms. The topological polar surface area (TPSA) is 89.8 Å². The normalized spacial score (nSPS) is 11.0. The van der Waals surface area contributed by atoms with Crippen LogP contribution in [0.4, 0.5) is 5.13 Å². The molecule has 0 fully saturated rings. The Morgan fingerprint density at radius 2 is 2.08 bits per heavy atom. The lowest BCUT2D eigenvalue weighted by Crippen LogP contribution is -2.23. The summed E-state index contributed by atoms with van der Waals surface area (Å²) < 4.78 is 1.65. The van der Waals surface area contributed by atoms with Crippen LogP contribution in [0.3, 0.4) is 0 Å². The van der Waals surface area contributed by atoms with Crippen LogP contribution in [0.15, 0.2) is 23.0 Å². The van der Waals surface area contributed by atoms with E-state index in [0.29, 0.717) is 34.0 Å². The summed E-state index contributed by atoms with van der Waals surface area (Å²) in [6.07, 6.45) is 0.779. The second kappa shape index (κ2) is 6.48. The van der Waals surface area contributed by atoms with E-state index in [0.717, 1.165) is 11.4 Å². The first kappa shape index (κ1) is 16.3. The Morgan fingerprint density at radius 1 is 1.29 bits per heavy atom. The number of benzene rings is 1. The predicted molar refractivity (Wildman–Crippen MR) is 93.7 cm³/mol. The van der Waals surface area contributed by atoms with Crippen LogP contribution < -0.4 is 10.9 Å². The van der Waals surface area contributed by atoms with Gasteiger partial charge >= 0.3 is 0 Å². The fourth-order valence-electron chi connectivity index (χ4n) is 2.45. The number of carbonyl (C=O) groups is 1. The third-order valence-electron chi connectivity index (χ3n) is 3.68. The zero-order valence-electron chi connectivity index (χ0n) is 13.7. The van der Waals surface area contributed by atoms with Crippen molar-refractivity contribution in [3.05, 3.63) is 44.8 Å². The third kappa shape index (κ3) is 2.92. The first-order valence-electron chi connectivity index (χ1n) is 7.68. The van der Waals surface area contributed by atoms with E-state index in [9.17, 15) is 9.59 Å². The minimum atomic E-state index is -0.274. The molecular weight excluding hydrogens is 326 g/mol. The van der Waals surface area contributed by atoms with E-state index in [1.54, 1.807) is 29.7 Å². The molecule has 1 amide bonds. The Kier molecular flexibility index (Phi) is 4.39. The minimum absolute atomic E-state index is 0.108. The van der Waals surface area contributed by atoms with E-state index in [1.165, 1.54) is 11.3 Å². The second-order valence-corrected chi connectivity index (χ2v) is 6.32. The molecular formula is C16H17N5O2S. The molecule has 1 N–H and O–H groups in total. The molecule has 2 aromatic heterocycles. The molecule has 0 radical (unpaired) electrons. The van der Waals surface area contributed by atoms with Gasteiger partial charge in [0.2, 0.25) is 5.13 Å². The van der Waals surface area contributed by atoms with Crippen molar-refractivity contribution in [3.63, 3.8) is 0 Å². The van der Waals surface area contributed by atoms with Crippen LogP contribution in [0, 0.1) is 6.92 Å². The average Bonchev–Trinajstić information content (AvgIpc) is 3.03. The van der Waals surface area contributed by atoms with Gasteiger partial charge in [-0.3, -0.25) is 14.9 Å². The van der Waals surface area contributed by atoms with Crippen LogP contribution in [0.2, 0.25) is 0 Å². The molecule has 7 nitrogen and oxygen atoms in total. The van der Waals surface area contributed by atoms with Crippen molar-refractivity contribution >= 4 is 33.4 Å². The van der Waals surface area contributed by atoms with Crippen LogP contribution >= 0.6 is 11.3 Å². The lowest BCUT2D eigenvalue weighted by atomic mass is 10.1. The van der Waals surface area contributed by atoms with Crippen molar-refractivity contribution in [3.8, 4) is 0 Å². The molecule has 0 atom stereocenters. The van der Waals surface area contributed by atoms with Gasteiger partial charge in [-0.15, -0.1) is 10.2 Å². The zero-order chi connectivity index (χ0) is 17.3. The van der Waals surface area contributed by atoms with Crippen molar-refractivity contribution in [1.82, 2.24) is 19.7 Å². The van der Waals surface area contributed by atoms with E-state index < -0.39 is 0 Å². The molecule has 0 bridgehead atoms. The van der Waals surface area contributed by atoms with E-state index in [-0.39, 0.29) is 11.5 Å². The monoisotopic (exact) mass is 343 g/mol. The number of amides is 1. The molecule has 3 rings (SSSR count). The molecule has 0 aliphatic heterocycles. The van der Waals surface area contributed by atoms with Gasteiger partial charge in [0.25, 0.3) is 11.5 Å². The van der Waals surface area contributed by atoms with Crippen LogP contribution in [0.5, 0.6) is 0 Å². The maximum atomic E-state index is 12.4. The Balaban J connectivity index is 1.96.